The Labute approximate surface area is 85.1 Å². The maximum absolute atomic E-state index is 10.5. The Kier molecular flexibility index (Phi) is 6.20. The van der Waals surface area contributed by atoms with E-state index in [0.29, 0.717) is 18.9 Å². The Morgan fingerprint density at radius 3 is 2.50 bits per heavy atom. The fourth-order valence-corrected chi connectivity index (χ4v) is 0.693. The summed E-state index contributed by atoms with van der Waals surface area (Å²) in [7, 11) is 0. The molecule has 0 unspecified atom stereocenters. The van der Waals surface area contributed by atoms with Crippen molar-refractivity contribution in [2.45, 2.75) is 13.8 Å². The Morgan fingerprint density at radius 2 is 2.00 bits per heavy atom. The highest BCUT2D eigenvalue weighted by Crippen LogP contribution is 1.98. The molecule has 0 aliphatic rings. The van der Waals surface area contributed by atoms with Gasteiger partial charge in [0.15, 0.2) is 0 Å². The van der Waals surface area contributed by atoms with Crippen LogP contribution in [0.3, 0.4) is 0 Å². The molecule has 0 aromatic rings. The highest BCUT2D eigenvalue weighted by molar-refractivity contribution is 5.72. The summed E-state index contributed by atoms with van der Waals surface area (Å²) in [5.74, 6) is 0.509. The normalized spacial score (nSPS) is 9.86. The third-order valence-electron chi connectivity index (χ3n) is 1.32. The molecule has 0 aromatic carbocycles. The first-order valence-corrected chi connectivity index (χ1v) is 4.42. The van der Waals surface area contributed by atoms with Gasteiger partial charge in [0.1, 0.15) is 12.4 Å². The van der Waals surface area contributed by atoms with Gasteiger partial charge in [0.2, 0.25) is 5.91 Å². The second-order valence-electron chi connectivity index (χ2n) is 2.98. The van der Waals surface area contributed by atoms with Crippen LogP contribution in [0.2, 0.25) is 0 Å². The van der Waals surface area contributed by atoms with Crippen molar-refractivity contribution in [1.82, 2.24) is 5.32 Å². The van der Waals surface area contributed by atoms with Crippen LogP contribution in [-0.2, 0) is 9.53 Å². The molecular weight excluding hydrogens is 178 g/mol. The van der Waals surface area contributed by atoms with Gasteiger partial charge in [-0.3, -0.25) is 4.79 Å². The summed E-state index contributed by atoms with van der Waals surface area (Å²) in [6.07, 6.45) is 3.57. The molecule has 0 heterocycles. The number of ether oxygens (including phenoxy) is 1. The molecular formula is C11H17NO2. The molecule has 1 N–H and O–H groups in total. The highest BCUT2D eigenvalue weighted by Gasteiger charge is 1.91. The molecule has 3 heteroatoms. The lowest BCUT2D eigenvalue weighted by Crippen LogP contribution is -2.24. The van der Waals surface area contributed by atoms with Crippen LogP contribution in [0, 0.1) is 0 Å². The summed E-state index contributed by atoms with van der Waals surface area (Å²) in [6.45, 7) is 11.7. The Morgan fingerprint density at radius 1 is 1.36 bits per heavy atom. The van der Waals surface area contributed by atoms with E-state index in [1.54, 1.807) is 6.08 Å². The van der Waals surface area contributed by atoms with E-state index in [9.17, 15) is 4.79 Å². The first-order chi connectivity index (χ1) is 6.52. The van der Waals surface area contributed by atoms with Crippen molar-refractivity contribution in [3.8, 4) is 0 Å². The number of amides is 1. The van der Waals surface area contributed by atoms with Crippen LogP contribution in [0.5, 0.6) is 0 Å². The van der Waals surface area contributed by atoms with Crippen molar-refractivity contribution in [3.05, 3.63) is 36.6 Å². The predicted octanol–water partition coefficient (Wildman–Crippen LogP) is 1.79. The summed E-state index contributed by atoms with van der Waals surface area (Å²) in [6, 6.07) is 0. The smallest absolute Gasteiger partial charge is 0.216 e. The van der Waals surface area contributed by atoms with E-state index in [1.807, 2.05) is 13.0 Å². The molecule has 0 saturated heterocycles. The second-order valence-corrected chi connectivity index (χ2v) is 2.98. The van der Waals surface area contributed by atoms with Crippen LogP contribution < -0.4 is 5.32 Å². The van der Waals surface area contributed by atoms with Gasteiger partial charge < -0.3 is 10.1 Å². The Balaban J connectivity index is 3.55. The molecule has 78 valence electrons. The highest BCUT2D eigenvalue weighted by atomic mass is 16.5. The number of hydrogen-bond donors (Lipinski definition) is 1. The van der Waals surface area contributed by atoms with Crippen molar-refractivity contribution in [2.75, 3.05) is 13.2 Å². The number of carbonyl (C=O) groups excluding carboxylic acids is 1. The van der Waals surface area contributed by atoms with Crippen LogP contribution in [-0.4, -0.2) is 19.1 Å². The van der Waals surface area contributed by atoms with Crippen molar-refractivity contribution in [2.24, 2.45) is 0 Å². The van der Waals surface area contributed by atoms with Gasteiger partial charge in [-0.2, -0.15) is 0 Å². The van der Waals surface area contributed by atoms with Crippen molar-refractivity contribution >= 4 is 5.91 Å². The van der Waals surface area contributed by atoms with Crippen molar-refractivity contribution in [3.63, 3.8) is 0 Å². The Hall–Kier alpha value is -1.51. The first kappa shape index (κ1) is 12.5. The van der Waals surface area contributed by atoms with Crippen LogP contribution in [0.15, 0.2) is 36.6 Å². The lowest BCUT2D eigenvalue weighted by molar-refractivity contribution is -0.119. The lowest BCUT2D eigenvalue weighted by Gasteiger charge is -2.05. The van der Waals surface area contributed by atoms with E-state index in [-0.39, 0.29) is 5.91 Å². The zero-order valence-corrected chi connectivity index (χ0v) is 8.80. The molecule has 0 aromatic heterocycles. The minimum absolute atomic E-state index is 0.0586. The molecule has 0 saturated carbocycles. The number of nitrogens with one attached hydrogen (secondary N) is 1. The fourth-order valence-electron chi connectivity index (χ4n) is 0.693. The molecule has 0 aliphatic carbocycles. The van der Waals surface area contributed by atoms with Crippen molar-refractivity contribution in [1.29, 1.82) is 0 Å². The second kappa shape index (κ2) is 6.95. The Bertz CT molecular complexity index is 254. The monoisotopic (exact) mass is 195 g/mol. The van der Waals surface area contributed by atoms with E-state index >= 15 is 0 Å². The maximum atomic E-state index is 10.5. The fraction of sp³-hybridized carbons (Fsp3) is 0.364. The van der Waals surface area contributed by atoms with Crippen LogP contribution >= 0.6 is 0 Å². The molecule has 1 amide bonds. The quantitative estimate of drug-likeness (QED) is 0.398. The SMILES string of the molecule is C=C(C)/C=C\C(=C)OCCNC(C)=O. The van der Waals surface area contributed by atoms with E-state index in [2.05, 4.69) is 18.5 Å². The zero-order valence-electron chi connectivity index (χ0n) is 8.80. The first-order valence-electron chi connectivity index (χ1n) is 4.42. The van der Waals surface area contributed by atoms with Gasteiger partial charge in [0.25, 0.3) is 0 Å². The third-order valence-corrected chi connectivity index (χ3v) is 1.32. The largest absolute Gasteiger partial charge is 0.492 e. The summed E-state index contributed by atoms with van der Waals surface area (Å²) < 4.78 is 5.21. The van der Waals surface area contributed by atoms with Gasteiger partial charge in [-0.05, 0) is 13.0 Å². The van der Waals surface area contributed by atoms with E-state index in [4.69, 9.17) is 4.74 Å². The average molecular weight is 195 g/mol. The number of carbonyl (C=O) groups is 1. The molecule has 0 aliphatic heterocycles. The van der Waals surface area contributed by atoms with Gasteiger partial charge >= 0.3 is 0 Å². The topological polar surface area (TPSA) is 38.3 Å². The van der Waals surface area contributed by atoms with E-state index in [1.165, 1.54) is 6.92 Å². The lowest BCUT2D eigenvalue weighted by atomic mass is 10.3. The molecule has 0 bridgehead atoms. The van der Waals surface area contributed by atoms with E-state index in [0.717, 1.165) is 5.57 Å². The molecule has 0 atom stereocenters. The number of allylic oxidation sites excluding steroid dienone is 3. The number of hydrogen-bond acceptors (Lipinski definition) is 2. The standard InChI is InChI=1S/C11H17NO2/c1-9(2)5-6-10(3)14-8-7-12-11(4)13/h5-6H,1,3,7-8H2,2,4H3,(H,12,13)/b6-5-. The molecule has 3 nitrogen and oxygen atoms in total. The molecule has 0 fully saturated rings. The van der Waals surface area contributed by atoms with Crippen LogP contribution in [0.1, 0.15) is 13.8 Å². The number of rotatable bonds is 6. The van der Waals surface area contributed by atoms with Gasteiger partial charge in [-0.15, -0.1) is 0 Å². The van der Waals surface area contributed by atoms with Crippen molar-refractivity contribution < 1.29 is 9.53 Å². The van der Waals surface area contributed by atoms with E-state index < -0.39 is 0 Å². The summed E-state index contributed by atoms with van der Waals surface area (Å²) in [4.78, 5) is 10.5. The molecule has 14 heavy (non-hydrogen) atoms. The average Bonchev–Trinajstić information content (AvgIpc) is 2.08. The van der Waals surface area contributed by atoms with Gasteiger partial charge in [-0.1, -0.05) is 24.8 Å². The summed E-state index contributed by atoms with van der Waals surface area (Å²) >= 11 is 0. The molecule has 0 spiro atoms. The van der Waals surface area contributed by atoms with Gasteiger partial charge in [0, 0.05) is 6.92 Å². The third kappa shape index (κ3) is 8.59. The predicted molar refractivity (Wildman–Crippen MR) is 57.7 cm³/mol. The maximum Gasteiger partial charge on any atom is 0.216 e. The molecule has 0 radical (unpaired) electrons. The van der Waals surface area contributed by atoms with Crippen LogP contribution in [0.25, 0.3) is 0 Å². The summed E-state index contributed by atoms with van der Waals surface area (Å²) in [5.41, 5.74) is 0.941. The van der Waals surface area contributed by atoms with Crippen LogP contribution in [0.4, 0.5) is 0 Å². The van der Waals surface area contributed by atoms with Gasteiger partial charge in [-0.25, -0.2) is 0 Å². The van der Waals surface area contributed by atoms with Gasteiger partial charge in [0.05, 0.1) is 6.54 Å². The summed E-state index contributed by atoms with van der Waals surface area (Å²) in [5, 5.41) is 2.62. The minimum atomic E-state index is -0.0586. The molecule has 0 rings (SSSR count). The zero-order chi connectivity index (χ0) is 11.0. The minimum Gasteiger partial charge on any atom is -0.492 e.